The van der Waals surface area contributed by atoms with E-state index < -0.39 is 27.5 Å². The van der Waals surface area contributed by atoms with Gasteiger partial charge in [0.15, 0.2) is 0 Å². The molecule has 1 saturated heterocycles. The second-order valence-electron chi connectivity index (χ2n) is 7.69. The second kappa shape index (κ2) is 9.14. The molecule has 10 heteroatoms. The number of primary amides is 1. The predicted molar refractivity (Wildman–Crippen MR) is 128 cm³/mol. The summed E-state index contributed by atoms with van der Waals surface area (Å²) in [5.41, 5.74) is 5.71. The Labute approximate surface area is 205 Å². The van der Waals surface area contributed by atoms with E-state index >= 15 is 4.39 Å². The van der Waals surface area contributed by atoms with Gasteiger partial charge in [-0.1, -0.05) is 34.8 Å². The fraction of sp³-hybridized carbons (Fsp3) is 0.174. The van der Waals surface area contributed by atoms with Crippen molar-refractivity contribution in [3.63, 3.8) is 0 Å². The first kappa shape index (κ1) is 23.8. The molecule has 1 atom stereocenters. The molecule has 33 heavy (non-hydrogen) atoms. The van der Waals surface area contributed by atoms with Gasteiger partial charge in [-0.2, -0.15) is 0 Å². The van der Waals surface area contributed by atoms with Crippen LogP contribution in [0.2, 0.25) is 15.1 Å². The lowest BCUT2D eigenvalue weighted by molar-refractivity contribution is 0.0996. The normalized spacial score (nSPS) is 16.2. The first-order valence-corrected chi connectivity index (χ1v) is 12.5. The Hall–Kier alpha value is -2.32. The quantitative estimate of drug-likeness (QED) is 0.461. The highest BCUT2D eigenvalue weighted by Gasteiger charge is 2.34. The maximum Gasteiger partial charge on any atom is 0.251 e. The largest absolute Gasteiger partial charge is 0.371 e. The second-order valence-corrected chi connectivity index (χ2v) is 10.9. The van der Waals surface area contributed by atoms with E-state index in [1.54, 1.807) is 18.2 Å². The lowest BCUT2D eigenvalue weighted by Gasteiger charge is -2.21. The first-order chi connectivity index (χ1) is 15.6. The van der Waals surface area contributed by atoms with Crippen LogP contribution in [-0.4, -0.2) is 27.4 Å². The molecule has 1 aliphatic heterocycles. The fourth-order valence-electron chi connectivity index (χ4n) is 4.03. The van der Waals surface area contributed by atoms with Crippen molar-refractivity contribution in [2.45, 2.75) is 22.1 Å². The zero-order valence-corrected chi connectivity index (χ0v) is 20.1. The monoisotopic (exact) mass is 526 g/mol. The molecule has 2 N–H and O–H groups in total. The van der Waals surface area contributed by atoms with Crippen molar-refractivity contribution < 1.29 is 17.6 Å². The van der Waals surface area contributed by atoms with Gasteiger partial charge in [-0.15, -0.1) is 0 Å². The zero-order chi connectivity index (χ0) is 23.9. The molecule has 1 heterocycles. The van der Waals surface area contributed by atoms with E-state index in [1.165, 1.54) is 30.3 Å². The number of amides is 1. The minimum atomic E-state index is -4.09. The molecule has 1 amide bonds. The van der Waals surface area contributed by atoms with Crippen LogP contribution in [0, 0.1) is 5.82 Å². The average molecular weight is 528 g/mol. The smallest absolute Gasteiger partial charge is 0.251 e. The van der Waals surface area contributed by atoms with Crippen molar-refractivity contribution in [2.75, 3.05) is 18.0 Å². The van der Waals surface area contributed by atoms with E-state index in [2.05, 4.69) is 0 Å². The maximum atomic E-state index is 15.5. The van der Waals surface area contributed by atoms with Crippen molar-refractivity contribution in [2.24, 2.45) is 5.73 Å². The van der Waals surface area contributed by atoms with Crippen molar-refractivity contribution in [1.82, 2.24) is 0 Å². The van der Waals surface area contributed by atoms with E-state index in [1.807, 2.05) is 4.90 Å². The van der Waals surface area contributed by atoms with Crippen LogP contribution in [-0.2, 0) is 9.84 Å². The van der Waals surface area contributed by atoms with Crippen LogP contribution in [0.5, 0.6) is 0 Å². The summed E-state index contributed by atoms with van der Waals surface area (Å²) in [4.78, 5) is 13.5. The van der Waals surface area contributed by atoms with Crippen molar-refractivity contribution in [3.8, 4) is 0 Å². The van der Waals surface area contributed by atoms with E-state index in [4.69, 9.17) is 40.5 Å². The van der Waals surface area contributed by atoms with E-state index in [9.17, 15) is 13.2 Å². The van der Waals surface area contributed by atoms with Crippen LogP contribution in [0.3, 0.4) is 0 Å². The number of carbonyl (C=O) groups is 1. The van der Waals surface area contributed by atoms with Crippen molar-refractivity contribution >= 4 is 56.2 Å². The third kappa shape index (κ3) is 4.55. The van der Waals surface area contributed by atoms with Gasteiger partial charge >= 0.3 is 0 Å². The Morgan fingerprint density at radius 3 is 2.33 bits per heavy atom. The van der Waals surface area contributed by atoms with Gasteiger partial charge in [-0.05, 0) is 61.0 Å². The highest BCUT2D eigenvalue weighted by Crippen LogP contribution is 2.39. The topological polar surface area (TPSA) is 80.5 Å². The van der Waals surface area contributed by atoms with Gasteiger partial charge < -0.3 is 10.6 Å². The van der Waals surface area contributed by atoms with Gasteiger partial charge in [-0.3, -0.25) is 4.79 Å². The zero-order valence-electron chi connectivity index (χ0n) is 17.1. The van der Waals surface area contributed by atoms with Crippen LogP contribution in [0.4, 0.5) is 10.1 Å². The lowest BCUT2D eigenvalue weighted by Crippen LogP contribution is -2.22. The van der Waals surface area contributed by atoms with Gasteiger partial charge in [0, 0.05) is 35.3 Å². The molecule has 5 nitrogen and oxygen atoms in total. The minimum absolute atomic E-state index is 0.0290. The number of nitrogens with two attached hydrogens (primary N) is 1. The van der Waals surface area contributed by atoms with Gasteiger partial charge in [0.2, 0.25) is 9.84 Å². The number of anilines is 1. The molecule has 172 valence electrons. The van der Waals surface area contributed by atoms with Gasteiger partial charge in [-0.25, -0.2) is 12.8 Å². The number of nitrogens with zero attached hydrogens (tertiary/aromatic N) is 1. The van der Waals surface area contributed by atoms with Gasteiger partial charge in [0.1, 0.15) is 5.82 Å². The molecular formula is C23H18Cl3FN2O3S. The number of sulfone groups is 1. The fourth-order valence-corrected chi connectivity index (χ4v) is 5.99. The SMILES string of the molecule is NC(=O)c1ccc(S(=O)(=O)c2ccc(Cl)cc2)c(C2CCN(c3ccc(Cl)c(Cl)c3)C2)c1F. The molecule has 0 aliphatic carbocycles. The Balaban J connectivity index is 1.80. The molecule has 0 spiro atoms. The van der Waals surface area contributed by atoms with E-state index in [-0.39, 0.29) is 20.9 Å². The molecule has 0 radical (unpaired) electrons. The summed E-state index contributed by atoms with van der Waals surface area (Å²) in [6.45, 7) is 0.851. The number of benzene rings is 3. The van der Waals surface area contributed by atoms with E-state index in [0.717, 1.165) is 11.8 Å². The third-order valence-corrected chi connectivity index (χ3v) is 8.50. The molecule has 0 bridgehead atoms. The molecule has 1 aliphatic rings. The molecule has 0 aromatic heterocycles. The number of hydrogen-bond donors (Lipinski definition) is 1. The summed E-state index contributed by atoms with van der Waals surface area (Å²) >= 11 is 18.0. The van der Waals surface area contributed by atoms with Crippen LogP contribution in [0.25, 0.3) is 0 Å². The first-order valence-electron chi connectivity index (χ1n) is 9.92. The standard InChI is InChI=1S/C23H18Cl3FN2O3S/c24-14-1-4-16(5-2-14)33(31,32)20-8-6-17(23(28)30)22(27)21(20)13-9-10-29(12-13)15-3-7-18(25)19(26)11-15/h1-8,11,13H,9-10,12H2,(H2,28,30). The van der Waals surface area contributed by atoms with Crippen LogP contribution in [0.1, 0.15) is 28.3 Å². The Bertz CT molecular complexity index is 1350. The molecule has 0 saturated carbocycles. The molecule has 1 unspecified atom stereocenters. The summed E-state index contributed by atoms with van der Waals surface area (Å²) in [6, 6.07) is 13.1. The number of rotatable bonds is 5. The summed E-state index contributed by atoms with van der Waals surface area (Å²) < 4.78 is 42.4. The van der Waals surface area contributed by atoms with Crippen LogP contribution >= 0.6 is 34.8 Å². The highest BCUT2D eigenvalue weighted by molar-refractivity contribution is 7.91. The maximum absolute atomic E-state index is 15.5. The summed E-state index contributed by atoms with van der Waals surface area (Å²) in [5.74, 6) is -2.39. The third-order valence-electron chi connectivity index (χ3n) is 5.68. The molecule has 3 aromatic carbocycles. The highest BCUT2D eigenvalue weighted by atomic mass is 35.5. The molecule has 1 fully saturated rings. The van der Waals surface area contributed by atoms with Gasteiger partial charge in [0.05, 0.1) is 25.4 Å². The molecule has 4 rings (SSSR count). The Morgan fingerprint density at radius 1 is 1.00 bits per heavy atom. The van der Waals surface area contributed by atoms with Gasteiger partial charge in [0.25, 0.3) is 5.91 Å². The number of hydrogen-bond acceptors (Lipinski definition) is 4. The molecule has 3 aromatic rings. The van der Waals surface area contributed by atoms with Crippen LogP contribution in [0.15, 0.2) is 64.4 Å². The Kier molecular flexibility index (Phi) is 6.60. The minimum Gasteiger partial charge on any atom is -0.371 e. The summed E-state index contributed by atoms with van der Waals surface area (Å²) in [6.07, 6.45) is 0.461. The average Bonchev–Trinajstić information content (AvgIpc) is 3.25. The Morgan fingerprint density at radius 2 is 1.70 bits per heavy atom. The summed E-state index contributed by atoms with van der Waals surface area (Å²) in [5, 5.41) is 1.16. The molecular weight excluding hydrogens is 510 g/mol. The lowest BCUT2D eigenvalue weighted by atomic mass is 9.95. The van der Waals surface area contributed by atoms with Crippen molar-refractivity contribution in [1.29, 1.82) is 0 Å². The summed E-state index contributed by atoms with van der Waals surface area (Å²) in [7, 11) is -4.09. The van der Waals surface area contributed by atoms with Crippen LogP contribution < -0.4 is 10.6 Å². The number of halogens is 4. The van der Waals surface area contributed by atoms with E-state index in [0.29, 0.717) is 34.6 Å². The predicted octanol–water partition coefficient (Wildman–Crippen LogP) is 5.71. The van der Waals surface area contributed by atoms with Crippen molar-refractivity contribution in [3.05, 3.63) is 86.6 Å². The number of carbonyl (C=O) groups excluding carboxylic acids is 1.